The highest BCUT2D eigenvalue weighted by molar-refractivity contribution is 5.29. The van der Waals surface area contributed by atoms with E-state index in [1.807, 2.05) is 6.92 Å². The van der Waals surface area contributed by atoms with Crippen molar-refractivity contribution in [1.82, 2.24) is 5.32 Å². The maximum absolute atomic E-state index is 12.0. The van der Waals surface area contributed by atoms with Gasteiger partial charge in [0.1, 0.15) is 5.75 Å². The normalized spacial score (nSPS) is 13.6. The highest BCUT2D eigenvalue weighted by Gasteiger charge is 2.30. The minimum Gasteiger partial charge on any atom is -0.406 e. The Morgan fingerprint density at radius 3 is 2.16 bits per heavy atom. The molecular weight excluding hydrogens is 255 g/mol. The molecule has 19 heavy (non-hydrogen) atoms. The summed E-state index contributed by atoms with van der Waals surface area (Å²) >= 11 is 0. The summed E-state index contributed by atoms with van der Waals surface area (Å²) in [6.45, 7) is 7.17. The van der Waals surface area contributed by atoms with Crippen molar-refractivity contribution in [3.05, 3.63) is 29.8 Å². The summed E-state index contributed by atoms with van der Waals surface area (Å²) in [5, 5.41) is 3.33. The van der Waals surface area contributed by atoms with E-state index in [0.717, 1.165) is 18.5 Å². The average molecular weight is 275 g/mol. The fourth-order valence-electron chi connectivity index (χ4n) is 1.66. The lowest BCUT2D eigenvalue weighted by atomic mass is 10.1. The molecule has 108 valence electrons. The van der Waals surface area contributed by atoms with Crippen molar-refractivity contribution in [1.29, 1.82) is 0 Å². The molecule has 2 nitrogen and oxygen atoms in total. The number of hydrogen-bond acceptors (Lipinski definition) is 2. The van der Waals surface area contributed by atoms with E-state index in [2.05, 4.69) is 23.9 Å². The van der Waals surface area contributed by atoms with Crippen molar-refractivity contribution in [3.8, 4) is 5.75 Å². The second kappa shape index (κ2) is 6.80. The van der Waals surface area contributed by atoms with Gasteiger partial charge in [-0.3, -0.25) is 0 Å². The van der Waals surface area contributed by atoms with Gasteiger partial charge in [-0.15, -0.1) is 13.2 Å². The third-order valence-corrected chi connectivity index (χ3v) is 2.79. The monoisotopic (exact) mass is 275 g/mol. The van der Waals surface area contributed by atoms with E-state index in [0.29, 0.717) is 5.92 Å². The van der Waals surface area contributed by atoms with Gasteiger partial charge in [0.05, 0.1) is 0 Å². The number of nitrogens with one attached hydrogen (secondary N) is 1. The Kier molecular flexibility index (Phi) is 5.66. The molecular formula is C14H20F3NO. The largest absolute Gasteiger partial charge is 0.573 e. The molecule has 0 aliphatic rings. The molecule has 0 aromatic heterocycles. The zero-order valence-corrected chi connectivity index (χ0v) is 11.4. The number of hydrogen-bond donors (Lipinski definition) is 1. The molecule has 0 amide bonds. The van der Waals surface area contributed by atoms with E-state index in [1.54, 1.807) is 12.1 Å². The van der Waals surface area contributed by atoms with Crippen molar-refractivity contribution < 1.29 is 17.9 Å². The summed E-state index contributed by atoms with van der Waals surface area (Å²) in [4.78, 5) is 0. The van der Waals surface area contributed by atoms with Gasteiger partial charge < -0.3 is 10.1 Å². The summed E-state index contributed by atoms with van der Waals surface area (Å²) in [6.07, 6.45) is -3.57. The SMILES string of the molecule is CC(C)CCNC(C)c1ccc(OC(F)(F)F)cc1. The molecule has 0 bridgehead atoms. The lowest BCUT2D eigenvalue weighted by molar-refractivity contribution is -0.274. The highest BCUT2D eigenvalue weighted by atomic mass is 19.4. The van der Waals surface area contributed by atoms with Gasteiger partial charge in [-0.2, -0.15) is 0 Å². The quantitative estimate of drug-likeness (QED) is 0.836. The first-order chi connectivity index (χ1) is 8.78. The van der Waals surface area contributed by atoms with Crippen molar-refractivity contribution in [3.63, 3.8) is 0 Å². The van der Waals surface area contributed by atoms with Gasteiger partial charge in [0, 0.05) is 6.04 Å². The molecule has 1 aromatic carbocycles. The van der Waals surface area contributed by atoms with Crippen LogP contribution in [0.1, 0.15) is 38.8 Å². The number of alkyl halides is 3. The number of ether oxygens (including phenoxy) is 1. The molecule has 1 unspecified atom stereocenters. The Morgan fingerprint density at radius 1 is 1.11 bits per heavy atom. The summed E-state index contributed by atoms with van der Waals surface area (Å²) in [5.41, 5.74) is 0.943. The molecule has 0 radical (unpaired) electrons. The lowest BCUT2D eigenvalue weighted by Gasteiger charge is -2.16. The Balaban J connectivity index is 2.51. The Hall–Kier alpha value is -1.23. The van der Waals surface area contributed by atoms with E-state index in [4.69, 9.17) is 0 Å². The maximum atomic E-state index is 12.0. The fraction of sp³-hybridized carbons (Fsp3) is 0.571. The Morgan fingerprint density at radius 2 is 1.68 bits per heavy atom. The van der Waals surface area contributed by atoms with Gasteiger partial charge in [-0.05, 0) is 43.5 Å². The molecule has 0 aliphatic heterocycles. The van der Waals surface area contributed by atoms with Gasteiger partial charge in [0.2, 0.25) is 0 Å². The lowest BCUT2D eigenvalue weighted by Crippen LogP contribution is -2.21. The molecule has 1 atom stereocenters. The van der Waals surface area contributed by atoms with Gasteiger partial charge in [-0.25, -0.2) is 0 Å². The van der Waals surface area contributed by atoms with Gasteiger partial charge in [0.15, 0.2) is 0 Å². The molecule has 1 N–H and O–H groups in total. The minimum atomic E-state index is -4.64. The standard InChI is InChI=1S/C14H20F3NO/c1-10(2)8-9-18-11(3)12-4-6-13(7-5-12)19-14(15,16)17/h4-7,10-11,18H,8-9H2,1-3H3. The van der Waals surface area contributed by atoms with Crippen LogP contribution in [0.15, 0.2) is 24.3 Å². The topological polar surface area (TPSA) is 21.3 Å². The van der Waals surface area contributed by atoms with Crippen LogP contribution in [-0.2, 0) is 0 Å². The molecule has 1 rings (SSSR count). The van der Waals surface area contributed by atoms with Crippen molar-refractivity contribution in [2.75, 3.05) is 6.54 Å². The van der Waals surface area contributed by atoms with Crippen LogP contribution in [0.2, 0.25) is 0 Å². The Bertz CT molecular complexity index is 373. The third-order valence-electron chi connectivity index (χ3n) is 2.79. The first-order valence-corrected chi connectivity index (χ1v) is 6.37. The fourth-order valence-corrected chi connectivity index (χ4v) is 1.66. The summed E-state index contributed by atoms with van der Waals surface area (Å²) < 4.78 is 39.9. The summed E-state index contributed by atoms with van der Waals surface area (Å²) in [5.74, 6) is 0.438. The number of rotatable bonds is 6. The molecule has 0 aliphatic carbocycles. The first kappa shape index (κ1) is 15.8. The zero-order chi connectivity index (χ0) is 14.5. The third kappa shape index (κ3) is 6.47. The minimum absolute atomic E-state index is 0.110. The molecule has 0 spiro atoms. The number of benzene rings is 1. The predicted octanol–water partition coefficient (Wildman–Crippen LogP) is 4.28. The maximum Gasteiger partial charge on any atom is 0.573 e. The van der Waals surface area contributed by atoms with E-state index >= 15 is 0 Å². The van der Waals surface area contributed by atoms with E-state index in [9.17, 15) is 13.2 Å². The predicted molar refractivity (Wildman–Crippen MR) is 69.0 cm³/mol. The molecule has 0 fully saturated rings. The van der Waals surface area contributed by atoms with Gasteiger partial charge in [0.25, 0.3) is 0 Å². The second-order valence-corrected chi connectivity index (χ2v) is 4.98. The second-order valence-electron chi connectivity index (χ2n) is 4.98. The first-order valence-electron chi connectivity index (χ1n) is 6.37. The van der Waals surface area contributed by atoms with Crippen LogP contribution in [0.4, 0.5) is 13.2 Å². The highest BCUT2D eigenvalue weighted by Crippen LogP contribution is 2.24. The van der Waals surface area contributed by atoms with E-state index in [1.165, 1.54) is 12.1 Å². The molecule has 5 heteroatoms. The number of halogens is 3. The van der Waals surface area contributed by atoms with Gasteiger partial charge in [-0.1, -0.05) is 26.0 Å². The van der Waals surface area contributed by atoms with Crippen LogP contribution < -0.4 is 10.1 Å². The summed E-state index contributed by atoms with van der Waals surface area (Å²) in [6, 6.07) is 6.08. The van der Waals surface area contributed by atoms with Crippen molar-refractivity contribution >= 4 is 0 Å². The van der Waals surface area contributed by atoms with E-state index in [-0.39, 0.29) is 11.8 Å². The smallest absolute Gasteiger partial charge is 0.406 e. The van der Waals surface area contributed by atoms with E-state index < -0.39 is 6.36 Å². The molecule has 0 heterocycles. The van der Waals surface area contributed by atoms with Crippen LogP contribution in [-0.4, -0.2) is 12.9 Å². The van der Waals surface area contributed by atoms with Crippen molar-refractivity contribution in [2.45, 2.75) is 39.6 Å². The molecule has 0 saturated heterocycles. The van der Waals surface area contributed by atoms with Crippen molar-refractivity contribution in [2.24, 2.45) is 5.92 Å². The Labute approximate surface area is 112 Å². The van der Waals surface area contributed by atoms with Crippen LogP contribution in [0.25, 0.3) is 0 Å². The average Bonchev–Trinajstić information content (AvgIpc) is 2.27. The molecule has 1 aromatic rings. The van der Waals surface area contributed by atoms with Crippen LogP contribution >= 0.6 is 0 Å². The molecule has 0 saturated carbocycles. The van der Waals surface area contributed by atoms with Crippen LogP contribution in [0.5, 0.6) is 5.75 Å². The van der Waals surface area contributed by atoms with Crippen LogP contribution in [0, 0.1) is 5.92 Å². The van der Waals surface area contributed by atoms with Gasteiger partial charge >= 0.3 is 6.36 Å². The zero-order valence-electron chi connectivity index (χ0n) is 11.4. The van der Waals surface area contributed by atoms with Crippen LogP contribution in [0.3, 0.4) is 0 Å². The summed E-state index contributed by atoms with van der Waals surface area (Å²) in [7, 11) is 0.